The summed E-state index contributed by atoms with van der Waals surface area (Å²) in [5, 5.41) is 3.76. The third kappa shape index (κ3) is 3.36. The third-order valence-electron chi connectivity index (χ3n) is 4.44. The molecule has 2 heterocycles. The van der Waals surface area contributed by atoms with E-state index in [1.165, 1.54) is 62.9 Å². The lowest BCUT2D eigenvalue weighted by Gasteiger charge is -2.24. The molecule has 3 rings (SSSR count). The van der Waals surface area contributed by atoms with Crippen molar-refractivity contribution < 1.29 is 0 Å². The van der Waals surface area contributed by atoms with Gasteiger partial charge in [-0.3, -0.25) is 4.40 Å². The van der Waals surface area contributed by atoms with Gasteiger partial charge in [-0.2, -0.15) is 0 Å². The first-order valence-electron chi connectivity index (χ1n) is 8.47. The molecule has 1 aliphatic rings. The largest absolute Gasteiger partial charge is 0.367 e. The second-order valence-corrected chi connectivity index (χ2v) is 6.13. The second kappa shape index (κ2) is 6.92. The van der Waals surface area contributed by atoms with Crippen molar-refractivity contribution in [3.05, 3.63) is 24.2 Å². The van der Waals surface area contributed by atoms with Gasteiger partial charge in [0, 0.05) is 18.4 Å². The molecule has 0 radical (unpaired) electrons. The number of nitrogens with zero attached hydrogens (tertiary/aromatic N) is 3. The summed E-state index contributed by atoms with van der Waals surface area (Å²) in [6.45, 7) is 2.24. The Bertz CT molecular complexity index is 569. The van der Waals surface area contributed by atoms with Crippen LogP contribution in [0.15, 0.2) is 18.5 Å². The number of fused-ring (bicyclic) bond motifs is 1. The Morgan fingerprint density at radius 1 is 1.24 bits per heavy atom. The van der Waals surface area contributed by atoms with E-state index in [1.807, 2.05) is 12.3 Å². The average molecular weight is 286 g/mol. The van der Waals surface area contributed by atoms with Gasteiger partial charge in [-0.25, -0.2) is 9.97 Å². The van der Waals surface area contributed by atoms with Gasteiger partial charge >= 0.3 is 0 Å². The Labute approximate surface area is 127 Å². The van der Waals surface area contributed by atoms with Crippen LogP contribution in [0.3, 0.4) is 0 Å². The zero-order chi connectivity index (χ0) is 14.5. The predicted octanol–water partition coefficient (Wildman–Crippen LogP) is 4.21. The van der Waals surface area contributed by atoms with E-state index in [2.05, 4.69) is 27.8 Å². The predicted molar refractivity (Wildman–Crippen MR) is 86.7 cm³/mol. The molecule has 0 aromatic carbocycles. The van der Waals surface area contributed by atoms with Gasteiger partial charge < -0.3 is 5.32 Å². The van der Waals surface area contributed by atoms with E-state index in [0.29, 0.717) is 6.04 Å². The number of rotatable bonds is 6. The number of aryl methyl sites for hydroxylation is 1. The molecule has 0 aliphatic heterocycles. The number of hydrogen-bond donors (Lipinski definition) is 1. The molecule has 1 aliphatic carbocycles. The molecule has 4 nitrogen and oxygen atoms in total. The van der Waals surface area contributed by atoms with Gasteiger partial charge in [-0.05, 0) is 31.7 Å². The molecule has 0 amide bonds. The molecule has 1 N–H and O–H groups in total. The minimum Gasteiger partial charge on any atom is -0.367 e. The van der Waals surface area contributed by atoms with Crippen LogP contribution in [0.25, 0.3) is 5.78 Å². The van der Waals surface area contributed by atoms with Crippen molar-refractivity contribution >= 4 is 11.6 Å². The lowest BCUT2D eigenvalue weighted by molar-refractivity contribution is 0.461. The number of imidazole rings is 1. The number of aromatic nitrogens is 3. The maximum Gasteiger partial charge on any atom is 0.235 e. The quantitative estimate of drug-likeness (QED) is 0.809. The fraction of sp³-hybridized carbons (Fsp3) is 0.647. The molecule has 2 aromatic rings. The van der Waals surface area contributed by atoms with E-state index < -0.39 is 0 Å². The summed E-state index contributed by atoms with van der Waals surface area (Å²) >= 11 is 0. The van der Waals surface area contributed by atoms with Gasteiger partial charge in [0.15, 0.2) is 0 Å². The smallest absolute Gasteiger partial charge is 0.235 e. The summed E-state index contributed by atoms with van der Waals surface area (Å²) in [5.74, 6) is 2.00. The normalized spacial score (nSPS) is 16.4. The molecule has 21 heavy (non-hydrogen) atoms. The lowest BCUT2D eigenvalue weighted by atomic mass is 9.95. The maximum absolute atomic E-state index is 4.74. The van der Waals surface area contributed by atoms with Crippen LogP contribution in [-0.4, -0.2) is 20.4 Å². The van der Waals surface area contributed by atoms with E-state index in [9.17, 15) is 0 Å². The fourth-order valence-electron chi connectivity index (χ4n) is 3.24. The summed E-state index contributed by atoms with van der Waals surface area (Å²) in [6, 6.07) is 2.58. The first-order chi connectivity index (χ1) is 10.4. The highest BCUT2D eigenvalue weighted by atomic mass is 15.2. The summed E-state index contributed by atoms with van der Waals surface area (Å²) in [4.78, 5) is 9.14. The van der Waals surface area contributed by atoms with Gasteiger partial charge in [0.1, 0.15) is 5.82 Å². The Morgan fingerprint density at radius 3 is 2.90 bits per heavy atom. The number of unbranched alkanes of at least 4 members (excludes halogenated alkanes) is 2. The van der Waals surface area contributed by atoms with E-state index in [0.717, 1.165) is 12.2 Å². The van der Waals surface area contributed by atoms with Crippen molar-refractivity contribution in [2.24, 2.45) is 0 Å². The van der Waals surface area contributed by atoms with Crippen LogP contribution in [0.5, 0.6) is 0 Å². The minimum atomic E-state index is 0.601. The molecule has 1 saturated carbocycles. The molecular weight excluding hydrogens is 260 g/mol. The summed E-state index contributed by atoms with van der Waals surface area (Å²) < 4.78 is 2.12. The molecular formula is C17H26N4. The van der Waals surface area contributed by atoms with Crippen molar-refractivity contribution in [1.82, 2.24) is 14.4 Å². The number of anilines is 1. The van der Waals surface area contributed by atoms with Gasteiger partial charge in [-0.1, -0.05) is 39.0 Å². The molecule has 0 spiro atoms. The van der Waals surface area contributed by atoms with Crippen molar-refractivity contribution in [3.8, 4) is 0 Å². The average Bonchev–Trinajstić information content (AvgIpc) is 2.87. The van der Waals surface area contributed by atoms with Crippen LogP contribution in [0.2, 0.25) is 0 Å². The number of hydrogen-bond acceptors (Lipinski definition) is 3. The van der Waals surface area contributed by atoms with Crippen molar-refractivity contribution in [2.45, 2.75) is 70.8 Å². The van der Waals surface area contributed by atoms with Crippen LogP contribution < -0.4 is 5.32 Å². The van der Waals surface area contributed by atoms with Crippen LogP contribution >= 0.6 is 0 Å². The topological polar surface area (TPSA) is 42.2 Å². The van der Waals surface area contributed by atoms with E-state index in [1.54, 1.807) is 0 Å². The molecule has 4 heteroatoms. The summed E-state index contributed by atoms with van der Waals surface area (Å²) in [6.07, 6.45) is 15.3. The molecule has 2 aromatic heterocycles. The summed E-state index contributed by atoms with van der Waals surface area (Å²) in [7, 11) is 0. The Morgan fingerprint density at radius 2 is 2.10 bits per heavy atom. The molecule has 1 fully saturated rings. The minimum absolute atomic E-state index is 0.601. The highest BCUT2D eigenvalue weighted by Gasteiger charge is 2.18. The summed E-state index contributed by atoms with van der Waals surface area (Å²) in [5.41, 5.74) is 1.19. The zero-order valence-electron chi connectivity index (χ0n) is 13.0. The van der Waals surface area contributed by atoms with E-state index in [4.69, 9.17) is 4.98 Å². The Balaban J connectivity index is 1.83. The van der Waals surface area contributed by atoms with E-state index >= 15 is 0 Å². The zero-order valence-corrected chi connectivity index (χ0v) is 13.0. The maximum atomic E-state index is 4.74. The van der Waals surface area contributed by atoms with Gasteiger partial charge in [-0.15, -0.1) is 0 Å². The lowest BCUT2D eigenvalue weighted by Crippen LogP contribution is -2.23. The van der Waals surface area contributed by atoms with Crippen LogP contribution in [-0.2, 0) is 6.42 Å². The van der Waals surface area contributed by atoms with Crippen molar-refractivity contribution in [3.63, 3.8) is 0 Å². The first kappa shape index (κ1) is 14.4. The SMILES string of the molecule is CCCCCc1nc2ncccn2c1NC1CCCCC1. The highest BCUT2D eigenvalue weighted by molar-refractivity contribution is 5.52. The van der Waals surface area contributed by atoms with Crippen molar-refractivity contribution in [1.29, 1.82) is 0 Å². The van der Waals surface area contributed by atoms with Gasteiger partial charge in [0.05, 0.1) is 5.69 Å². The molecule has 0 atom stereocenters. The molecule has 114 valence electrons. The van der Waals surface area contributed by atoms with Crippen LogP contribution in [0.4, 0.5) is 5.82 Å². The first-order valence-corrected chi connectivity index (χ1v) is 8.47. The second-order valence-electron chi connectivity index (χ2n) is 6.13. The molecule has 0 unspecified atom stereocenters. The van der Waals surface area contributed by atoms with Crippen molar-refractivity contribution in [2.75, 3.05) is 5.32 Å². The van der Waals surface area contributed by atoms with Crippen LogP contribution in [0.1, 0.15) is 64.0 Å². The number of nitrogens with one attached hydrogen (secondary N) is 1. The van der Waals surface area contributed by atoms with Gasteiger partial charge in [0.2, 0.25) is 5.78 Å². The standard InChI is InChI=1S/C17H26N4/c1-2-3-5-11-15-16(19-14-9-6-4-7-10-14)21-13-8-12-18-17(21)20-15/h8,12-14,19H,2-7,9-11H2,1H3. The Hall–Kier alpha value is -1.58. The molecule has 0 bridgehead atoms. The molecule has 0 saturated heterocycles. The third-order valence-corrected chi connectivity index (χ3v) is 4.44. The van der Waals surface area contributed by atoms with Crippen LogP contribution in [0, 0.1) is 0 Å². The van der Waals surface area contributed by atoms with E-state index in [-0.39, 0.29) is 0 Å². The monoisotopic (exact) mass is 286 g/mol. The Kier molecular flexibility index (Phi) is 4.73. The van der Waals surface area contributed by atoms with Gasteiger partial charge in [0.25, 0.3) is 0 Å². The fourth-order valence-corrected chi connectivity index (χ4v) is 3.24. The highest BCUT2D eigenvalue weighted by Crippen LogP contribution is 2.25.